The van der Waals surface area contributed by atoms with E-state index in [0.717, 1.165) is 0 Å². The molecule has 0 unspecified atom stereocenters. The molecule has 0 saturated heterocycles. The summed E-state index contributed by atoms with van der Waals surface area (Å²) < 4.78 is 0. The first-order chi connectivity index (χ1) is 8.22. The van der Waals surface area contributed by atoms with Crippen molar-refractivity contribution in [3.05, 3.63) is 70.3 Å². The number of carbonyl (C=O) groups is 1. The zero-order valence-corrected chi connectivity index (χ0v) is 9.48. The van der Waals surface area contributed by atoms with E-state index in [-0.39, 0.29) is 11.5 Å². The van der Waals surface area contributed by atoms with E-state index in [2.05, 4.69) is 9.83 Å². The summed E-state index contributed by atoms with van der Waals surface area (Å²) in [5.41, 5.74) is 1.12. The molecule has 0 atom stereocenters. The van der Waals surface area contributed by atoms with Gasteiger partial charge in [-0.05, 0) is 30.3 Å². The number of aromatic nitrogens is 1. The Morgan fingerprint density at radius 1 is 1.24 bits per heavy atom. The molecule has 1 heterocycles. The van der Waals surface area contributed by atoms with Gasteiger partial charge in [0.25, 0.3) is 0 Å². The fourth-order valence-corrected chi connectivity index (χ4v) is 1.55. The molecule has 1 aromatic heterocycles. The predicted molar refractivity (Wildman–Crippen MR) is 65.4 cm³/mol. The summed E-state index contributed by atoms with van der Waals surface area (Å²) in [5.74, 6) is -0.199. The highest BCUT2D eigenvalue weighted by atomic mass is 35.5. The number of benzene rings is 1. The fraction of sp³-hybridized carbons (Fsp3) is 0. The highest BCUT2D eigenvalue weighted by Crippen LogP contribution is 2.21. The van der Waals surface area contributed by atoms with E-state index in [4.69, 9.17) is 18.2 Å². The van der Waals surface area contributed by atoms with Crippen LogP contribution < -0.4 is 0 Å². The van der Waals surface area contributed by atoms with Crippen LogP contribution in [0.4, 0.5) is 5.69 Å². The number of carbonyl (C=O) groups excluding carboxylic acids is 1. The summed E-state index contributed by atoms with van der Waals surface area (Å²) in [6.07, 6.45) is 2.88. The molecule has 1 aromatic carbocycles. The summed E-state index contributed by atoms with van der Waals surface area (Å²) in [7, 11) is 0. The van der Waals surface area contributed by atoms with Crippen molar-refractivity contribution in [1.82, 2.24) is 4.98 Å². The van der Waals surface area contributed by atoms with Gasteiger partial charge in [0.15, 0.2) is 5.78 Å². The fourth-order valence-electron chi connectivity index (χ4n) is 1.42. The number of halogens is 1. The van der Waals surface area contributed by atoms with E-state index in [0.29, 0.717) is 16.1 Å². The normalized spacial score (nSPS) is 9.65. The van der Waals surface area contributed by atoms with Gasteiger partial charge in [-0.1, -0.05) is 11.6 Å². The maximum atomic E-state index is 12.1. The summed E-state index contributed by atoms with van der Waals surface area (Å²) in [5, 5.41) is 0.571. The monoisotopic (exact) mass is 242 g/mol. The highest BCUT2D eigenvalue weighted by Gasteiger charge is 2.13. The quantitative estimate of drug-likeness (QED) is 0.597. The number of rotatable bonds is 2. The van der Waals surface area contributed by atoms with Crippen LogP contribution in [0.2, 0.25) is 5.02 Å². The van der Waals surface area contributed by atoms with Gasteiger partial charge < -0.3 is 0 Å². The molecule has 3 nitrogen and oxygen atoms in total. The van der Waals surface area contributed by atoms with Crippen molar-refractivity contribution in [2.24, 2.45) is 0 Å². The second-order valence-corrected chi connectivity index (χ2v) is 3.78. The van der Waals surface area contributed by atoms with Crippen LogP contribution in [0.3, 0.4) is 0 Å². The molecule has 0 saturated carbocycles. The Bertz CT molecular complexity index is 600. The molecule has 0 fully saturated rings. The zero-order chi connectivity index (χ0) is 12.3. The topological polar surface area (TPSA) is 34.3 Å². The Hall–Kier alpha value is -2.18. The van der Waals surface area contributed by atoms with Gasteiger partial charge in [-0.25, -0.2) is 4.85 Å². The van der Waals surface area contributed by atoms with Crippen molar-refractivity contribution in [3.8, 4) is 0 Å². The van der Waals surface area contributed by atoms with Crippen molar-refractivity contribution >= 4 is 23.1 Å². The third-order valence-corrected chi connectivity index (χ3v) is 2.52. The molecule has 17 heavy (non-hydrogen) atoms. The number of ketones is 1. The molecule has 0 N–H and O–H groups in total. The third kappa shape index (κ3) is 2.32. The van der Waals surface area contributed by atoms with Gasteiger partial charge in [-0.15, -0.1) is 0 Å². The Labute approximate surface area is 104 Å². The molecular formula is C13H7ClN2O. The van der Waals surface area contributed by atoms with Crippen LogP contribution in [0, 0.1) is 6.57 Å². The van der Waals surface area contributed by atoms with E-state index < -0.39 is 0 Å². The molecule has 2 rings (SSSR count). The summed E-state index contributed by atoms with van der Waals surface area (Å²) in [6, 6.07) is 8.11. The SMILES string of the molecule is [C-]#[N+]c1cnccc1C(=O)c1ccc(Cl)cc1. The van der Waals surface area contributed by atoms with Crippen LogP contribution in [0.15, 0.2) is 42.7 Å². The van der Waals surface area contributed by atoms with Crippen LogP contribution >= 0.6 is 11.6 Å². The van der Waals surface area contributed by atoms with Crippen LogP contribution in [0.25, 0.3) is 4.85 Å². The van der Waals surface area contributed by atoms with E-state index in [1.165, 1.54) is 12.4 Å². The molecule has 0 aliphatic carbocycles. The lowest BCUT2D eigenvalue weighted by Gasteiger charge is -2.02. The zero-order valence-electron chi connectivity index (χ0n) is 8.72. The maximum Gasteiger partial charge on any atom is 0.216 e. The highest BCUT2D eigenvalue weighted by molar-refractivity contribution is 6.30. The van der Waals surface area contributed by atoms with Gasteiger partial charge in [0.05, 0.1) is 6.57 Å². The lowest BCUT2D eigenvalue weighted by Crippen LogP contribution is -2.01. The van der Waals surface area contributed by atoms with Gasteiger partial charge in [-0.2, -0.15) is 0 Å². The minimum absolute atomic E-state index is 0.199. The first-order valence-electron chi connectivity index (χ1n) is 4.84. The number of nitrogens with zero attached hydrogens (tertiary/aromatic N) is 2. The Kier molecular flexibility index (Phi) is 3.17. The molecule has 0 bridgehead atoms. The molecular weight excluding hydrogens is 236 g/mol. The molecule has 0 aliphatic rings. The average molecular weight is 243 g/mol. The van der Waals surface area contributed by atoms with Gasteiger partial charge in [-0.3, -0.25) is 9.78 Å². The van der Waals surface area contributed by atoms with Gasteiger partial charge in [0.2, 0.25) is 5.69 Å². The minimum atomic E-state index is -0.199. The third-order valence-electron chi connectivity index (χ3n) is 2.27. The molecule has 4 heteroatoms. The van der Waals surface area contributed by atoms with Gasteiger partial charge >= 0.3 is 0 Å². The van der Waals surface area contributed by atoms with Gasteiger partial charge in [0.1, 0.15) is 0 Å². The van der Waals surface area contributed by atoms with E-state index in [1.54, 1.807) is 30.3 Å². The summed E-state index contributed by atoms with van der Waals surface area (Å²) in [6.45, 7) is 6.99. The lowest BCUT2D eigenvalue weighted by molar-refractivity contribution is 0.103. The van der Waals surface area contributed by atoms with Crippen molar-refractivity contribution in [2.75, 3.05) is 0 Å². The second-order valence-electron chi connectivity index (χ2n) is 3.34. The smallest absolute Gasteiger partial charge is 0.216 e. The van der Waals surface area contributed by atoms with Crippen LogP contribution in [-0.4, -0.2) is 10.8 Å². The second kappa shape index (κ2) is 4.77. The Morgan fingerprint density at radius 2 is 1.94 bits per heavy atom. The number of hydrogen-bond donors (Lipinski definition) is 0. The molecule has 82 valence electrons. The molecule has 0 aliphatic heterocycles. The Balaban J connectivity index is 2.44. The molecule has 0 amide bonds. The average Bonchev–Trinajstić information content (AvgIpc) is 2.39. The van der Waals surface area contributed by atoms with Crippen molar-refractivity contribution in [1.29, 1.82) is 0 Å². The summed E-state index contributed by atoms with van der Waals surface area (Å²) >= 11 is 5.75. The van der Waals surface area contributed by atoms with Crippen molar-refractivity contribution in [2.45, 2.75) is 0 Å². The summed E-state index contributed by atoms with van der Waals surface area (Å²) in [4.78, 5) is 19.2. The van der Waals surface area contributed by atoms with E-state index in [9.17, 15) is 4.79 Å². The van der Waals surface area contributed by atoms with E-state index in [1.807, 2.05) is 0 Å². The first kappa shape index (κ1) is 11.3. The van der Waals surface area contributed by atoms with Gasteiger partial charge in [0, 0.05) is 28.5 Å². The standard InChI is InChI=1S/C13H7ClN2O/c1-15-12-8-16-7-6-11(12)13(17)9-2-4-10(14)5-3-9/h2-8H. The minimum Gasteiger partial charge on any atom is -0.290 e. The van der Waals surface area contributed by atoms with E-state index >= 15 is 0 Å². The first-order valence-corrected chi connectivity index (χ1v) is 5.22. The molecule has 2 aromatic rings. The largest absolute Gasteiger partial charge is 0.290 e. The molecule has 0 radical (unpaired) electrons. The lowest BCUT2D eigenvalue weighted by atomic mass is 10.0. The van der Waals surface area contributed by atoms with Crippen molar-refractivity contribution in [3.63, 3.8) is 0 Å². The maximum absolute atomic E-state index is 12.1. The molecule has 0 spiro atoms. The van der Waals surface area contributed by atoms with Crippen LogP contribution in [0.5, 0.6) is 0 Å². The van der Waals surface area contributed by atoms with Crippen molar-refractivity contribution < 1.29 is 4.79 Å². The number of pyridine rings is 1. The Morgan fingerprint density at radius 3 is 2.59 bits per heavy atom. The van der Waals surface area contributed by atoms with Crippen LogP contribution in [0.1, 0.15) is 15.9 Å². The number of hydrogen-bond acceptors (Lipinski definition) is 2. The van der Waals surface area contributed by atoms with Crippen LogP contribution in [-0.2, 0) is 0 Å². The predicted octanol–water partition coefficient (Wildman–Crippen LogP) is 3.52.